The maximum atomic E-state index is 14.0. The average molecular weight is 552 g/mol. The molecule has 0 aliphatic carbocycles. The van der Waals surface area contributed by atoms with Gasteiger partial charge in [0.25, 0.3) is 0 Å². The highest BCUT2D eigenvalue weighted by molar-refractivity contribution is 6.72. The van der Waals surface area contributed by atoms with Crippen molar-refractivity contribution in [1.82, 2.24) is 0 Å². The number of unbranched alkanes of at least 4 members (excludes halogenated alkanes) is 15. The fourth-order valence-electron chi connectivity index (χ4n) is 5.80. The number of hydrogen-bond acceptors (Lipinski definition) is 0. The maximum absolute atomic E-state index is 14.0. The first-order chi connectivity index (χ1) is 17.6. The second-order valence-electron chi connectivity index (χ2n) is 16.7. The van der Waals surface area contributed by atoms with E-state index >= 15 is 0 Å². The van der Waals surface area contributed by atoms with Crippen molar-refractivity contribution in [3.8, 4) is 0 Å². The van der Waals surface area contributed by atoms with E-state index in [9.17, 15) is 4.80 Å². The van der Waals surface area contributed by atoms with Crippen LogP contribution in [0.5, 0.6) is 0 Å². The molecule has 2 heteroatoms. The Hall–Kier alpha value is 0.177. The molecule has 0 saturated carbocycles. The molecule has 0 atom stereocenters. The van der Waals surface area contributed by atoms with E-state index in [-0.39, 0.29) is 0 Å². The Balaban J connectivity index is 4.22. The minimum atomic E-state index is -2.30. The zero-order valence-corrected chi connectivity index (χ0v) is 29.4. The Bertz CT molecular complexity index is 445. The lowest BCUT2D eigenvalue weighted by Crippen LogP contribution is -2.32. The highest BCUT2D eigenvalue weighted by atomic mass is 28.4. The summed E-state index contributed by atoms with van der Waals surface area (Å²) in [5, 5.41) is 0. The van der Waals surface area contributed by atoms with E-state index in [1.807, 2.05) is 0 Å². The van der Waals surface area contributed by atoms with Gasteiger partial charge < -0.3 is 0 Å². The van der Waals surface area contributed by atoms with Gasteiger partial charge in [0, 0.05) is 0 Å². The molecule has 0 N–H and O–H groups in total. The molecule has 0 aromatic carbocycles. The number of rotatable bonds is 24. The van der Waals surface area contributed by atoms with Crippen molar-refractivity contribution >= 4 is 8.32 Å². The summed E-state index contributed by atoms with van der Waals surface area (Å²) in [4.78, 5) is 14.0. The molecule has 0 aliphatic rings. The lowest BCUT2D eigenvalue weighted by molar-refractivity contribution is 0.356. The summed E-state index contributed by atoms with van der Waals surface area (Å²) >= 11 is 0. The van der Waals surface area contributed by atoms with E-state index in [4.69, 9.17) is 0 Å². The topological polar surface area (TPSA) is 19.9 Å². The molecule has 0 saturated heterocycles. The molecular weight excluding hydrogens is 476 g/mol. The van der Waals surface area contributed by atoms with Crippen LogP contribution >= 0.6 is 0 Å². The average Bonchev–Trinajstić information content (AvgIpc) is 2.77. The van der Waals surface area contributed by atoms with Crippen LogP contribution in [0.3, 0.4) is 0 Å². The van der Waals surface area contributed by atoms with E-state index in [0.717, 1.165) is 18.1 Å². The molecule has 38 heavy (non-hydrogen) atoms. The van der Waals surface area contributed by atoms with E-state index in [1.165, 1.54) is 135 Å². The van der Waals surface area contributed by atoms with Gasteiger partial charge in [-0.1, -0.05) is 178 Å². The highest BCUT2D eigenvalue weighted by Crippen LogP contribution is 2.29. The van der Waals surface area contributed by atoms with Crippen molar-refractivity contribution in [3.05, 3.63) is 0 Å². The van der Waals surface area contributed by atoms with Crippen molar-refractivity contribution in [1.29, 1.82) is 0 Å². The smallest absolute Gasteiger partial charge is 0.237 e. The van der Waals surface area contributed by atoms with Crippen LogP contribution < -0.4 is 0 Å². The first-order valence-corrected chi connectivity index (χ1v) is 19.9. The minimum absolute atomic E-state index is 0.479. The SMILES string of the molecule is CC(C)(C)CCCCCCCC[Si]([O])(CCCCCCCCC(C)(C)C)CCCCCCCCC(C)(C)C. The Morgan fingerprint density at radius 3 is 0.711 bits per heavy atom. The summed E-state index contributed by atoms with van der Waals surface area (Å²) in [5.41, 5.74) is 1.44. The predicted octanol–water partition coefficient (Wildman–Crippen LogP) is 13.7. The van der Waals surface area contributed by atoms with Crippen LogP contribution in [0.15, 0.2) is 0 Å². The normalized spacial score (nSPS) is 13.4. The molecule has 0 fully saturated rings. The summed E-state index contributed by atoms with van der Waals surface area (Å²) in [6.07, 6.45) is 28.0. The largest absolute Gasteiger partial charge is 0.297 e. The molecule has 0 amide bonds. The molecule has 229 valence electrons. The van der Waals surface area contributed by atoms with Crippen molar-refractivity contribution in [2.75, 3.05) is 0 Å². The standard InChI is InChI=1S/C36H75OSi/c1-34(2,3)28-22-16-10-13-19-25-31-38(37,32-26-20-14-11-17-23-29-35(4,5)6)33-27-21-15-12-18-24-30-36(7,8)9/h10-33H2,1-9H3. The second kappa shape index (κ2) is 21.0. The van der Waals surface area contributed by atoms with Gasteiger partial charge in [-0.2, -0.15) is 0 Å². The van der Waals surface area contributed by atoms with Gasteiger partial charge >= 0.3 is 0 Å². The summed E-state index contributed by atoms with van der Waals surface area (Å²) < 4.78 is 0. The van der Waals surface area contributed by atoms with Crippen molar-refractivity contribution in [2.24, 2.45) is 16.2 Å². The lowest BCUT2D eigenvalue weighted by Gasteiger charge is -2.23. The van der Waals surface area contributed by atoms with Gasteiger partial charge in [0.15, 0.2) is 0 Å². The molecule has 0 aliphatic heterocycles. The highest BCUT2D eigenvalue weighted by Gasteiger charge is 2.31. The Labute approximate surface area is 244 Å². The molecule has 0 bridgehead atoms. The van der Waals surface area contributed by atoms with Gasteiger partial charge in [-0.15, -0.1) is 0 Å². The van der Waals surface area contributed by atoms with Crippen molar-refractivity contribution in [3.63, 3.8) is 0 Å². The molecule has 0 heterocycles. The molecule has 0 rings (SSSR count). The first kappa shape index (κ1) is 38.2. The first-order valence-electron chi connectivity index (χ1n) is 17.3. The van der Waals surface area contributed by atoms with E-state index in [1.54, 1.807) is 0 Å². The fraction of sp³-hybridized carbons (Fsp3) is 1.00. The quantitative estimate of drug-likeness (QED) is 0.0839. The zero-order chi connectivity index (χ0) is 29.0. The summed E-state index contributed by atoms with van der Waals surface area (Å²) in [6, 6.07) is 3.18. The maximum Gasteiger partial charge on any atom is 0.237 e. The molecule has 0 unspecified atom stereocenters. The monoisotopic (exact) mass is 552 g/mol. The van der Waals surface area contributed by atoms with E-state index in [0.29, 0.717) is 16.2 Å². The third-order valence-electron chi connectivity index (χ3n) is 8.43. The lowest BCUT2D eigenvalue weighted by atomic mass is 9.89. The Morgan fingerprint density at radius 2 is 0.500 bits per heavy atom. The molecule has 0 aromatic heterocycles. The third kappa shape index (κ3) is 29.2. The van der Waals surface area contributed by atoms with Crippen LogP contribution in [0.25, 0.3) is 0 Å². The molecule has 1 radical (unpaired) electrons. The van der Waals surface area contributed by atoms with Gasteiger partial charge in [0.2, 0.25) is 8.32 Å². The van der Waals surface area contributed by atoms with E-state index < -0.39 is 8.32 Å². The Kier molecular flexibility index (Phi) is 21.1. The van der Waals surface area contributed by atoms with Gasteiger partial charge in [-0.25, -0.2) is 0 Å². The van der Waals surface area contributed by atoms with Gasteiger partial charge in [0.05, 0.1) is 0 Å². The van der Waals surface area contributed by atoms with Crippen LogP contribution in [0, 0.1) is 16.2 Å². The van der Waals surface area contributed by atoms with Crippen molar-refractivity contribution in [2.45, 2.75) is 215 Å². The third-order valence-corrected chi connectivity index (χ3v) is 12.2. The molecule has 0 aromatic rings. The summed E-state index contributed by atoms with van der Waals surface area (Å²) in [5.74, 6) is 0. The van der Waals surface area contributed by atoms with Gasteiger partial charge in [-0.3, -0.25) is 4.80 Å². The van der Waals surface area contributed by atoms with Gasteiger partial charge in [0.1, 0.15) is 0 Å². The minimum Gasteiger partial charge on any atom is -0.297 e. The summed E-state index contributed by atoms with van der Waals surface area (Å²) in [7, 11) is -2.30. The predicted molar refractivity (Wildman–Crippen MR) is 176 cm³/mol. The van der Waals surface area contributed by atoms with Gasteiger partial charge in [-0.05, 0) is 53.6 Å². The van der Waals surface area contributed by atoms with Crippen molar-refractivity contribution < 1.29 is 4.80 Å². The molecule has 1 nitrogen and oxygen atoms in total. The zero-order valence-electron chi connectivity index (χ0n) is 28.4. The van der Waals surface area contributed by atoms with Crippen LogP contribution in [0.1, 0.15) is 197 Å². The Morgan fingerprint density at radius 1 is 0.316 bits per heavy atom. The van der Waals surface area contributed by atoms with Crippen LogP contribution in [0.4, 0.5) is 0 Å². The molecule has 0 spiro atoms. The molecular formula is C36H75OSi. The van der Waals surface area contributed by atoms with Crippen LogP contribution in [-0.4, -0.2) is 8.32 Å². The summed E-state index contributed by atoms with van der Waals surface area (Å²) in [6.45, 7) is 21.2. The fourth-order valence-corrected chi connectivity index (χ4v) is 9.24. The van der Waals surface area contributed by atoms with Crippen LogP contribution in [-0.2, 0) is 4.80 Å². The van der Waals surface area contributed by atoms with E-state index in [2.05, 4.69) is 62.3 Å². The van der Waals surface area contributed by atoms with Crippen LogP contribution in [0.2, 0.25) is 18.1 Å². The second-order valence-corrected chi connectivity index (χ2v) is 20.6. The number of hydrogen-bond donors (Lipinski definition) is 0.